The minimum Gasteiger partial charge on any atom is -0.383 e. The second-order valence-corrected chi connectivity index (χ2v) is 7.87. The Morgan fingerprint density at radius 2 is 1.79 bits per heavy atom. The lowest BCUT2D eigenvalue weighted by Gasteiger charge is -2.11. The van der Waals surface area contributed by atoms with E-state index in [0.29, 0.717) is 45.5 Å². The molecule has 2 aromatic carbocycles. The number of fused-ring (bicyclic) bond motifs is 1. The molecule has 0 aliphatic rings. The molecule has 4 N–H and O–H groups in total. The number of rotatable bonds is 5. The molecule has 0 fully saturated rings. The molecule has 1 amide bonds. The van der Waals surface area contributed by atoms with Gasteiger partial charge in [-0.3, -0.25) is 9.36 Å². The van der Waals surface area contributed by atoms with Crippen molar-refractivity contribution in [3.05, 3.63) is 89.9 Å². The number of imidazole rings is 1. The van der Waals surface area contributed by atoms with Crippen LogP contribution in [0.2, 0.25) is 0 Å². The molecule has 5 rings (SSSR count). The standard InChI is InChI=1S/C25H18ClFN6O/c26-13-14-3-6-16(7-4-14)33-24(18-2-1-11-30-22(18)28)32-21-10-9-20(31-25(21)33)17-8-5-15(27)12-19(17)23(29)34/h1-12H,13H2,(H2,28,30)(H2,29,34). The van der Waals surface area contributed by atoms with Crippen molar-refractivity contribution in [2.24, 2.45) is 5.73 Å². The number of alkyl halides is 1. The van der Waals surface area contributed by atoms with Crippen molar-refractivity contribution >= 4 is 34.5 Å². The molecule has 0 aliphatic carbocycles. The van der Waals surface area contributed by atoms with Crippen molar-refractivity contribution in [1.82, 2.24) is 19.5 Å². The molecule has 0 bridgehead atoms. The van der Waals surface area contributed by atoms with Crippen LogP contribution in [0.3, 0.4) is 0 Å². The van der Waals surface area contributed by atoms with Crippen molar-refractivity contribution in [3.8, 4) is 28.3 Å². The molecule has 0 atom stereocenters. The van der Waals surface area contributed by atoms with Crippen LogP contribution < -0.4 is 11.5 Å². The SMILES string of the molecule is NC(=O)c1cc(F)ccc1-c1ccc2nc(-c3cccnc3N)n(-c3ccc(CCl)cc3)c2n1. The normalized spacial score (nSPS) is 11.1. The van der Waals surface area contributed by atoms with E-state index in [-0.39, 0.29) is 5.56 Å². The smallest absolute Gasteiger partial charge is 0.249 e. The van der Waals surface area contributed by atoms with Crippen LogP contribution in [0.5, 0.6) is 0 Å². The van der Waals surface area contributed by atoms with Gasteiger partial charge in [0.1, 0.15) is 17.2 Å². The zero-order valence-electron chi connectivity index (χ0n) is 17.7. The fourth-order valence-electron chi connectivity index (χ4n) is 3.82. The summed E-state index contributed by atoms with van der Waals surface area (Å²) in [6.45, 7) is 0. The maximum atomic E-state index is 13.8. The maximum absolute atomic E-state index is 13.8. The van der Waals surface area contributed by atoms with Gasteiger partial charge in [0.15, 0.2) is 11.5 Å². The van der Waals surface area contributed by atoms with Gasteiger partial charge < -0.3 is 11.5 Å². The van der Waals surface area contributed by atoms with Crippen LogP contribution in [-0.2, 0) is 5.88 Å². The van der Waals surface area contributed by atoms with Crippen LogP contribution in [0.25, 0.3) is 39.5 Å². The highest BCUT2D eigenvalue weighted by Gasteiger charge is 2.20. The van der Waals surface area contributed by atoms with Crippen LogP contribution in [0.4, 0.5) is 10.2 Å². The van der Waals surface area contributed by atoms with Crippen LogP contribution >= 0.6 is 11.6 Å². The van der Waals surface area contributed by atoms with E-state index in [9.17, 15) is 9.18 Å². The molecule has 9 heteroatoms. The van der Waals surface area contributed by atoms with Crippen molar-refractivity contribution in [3.63, 3.8) is 0 Å². The van der Waals surface area contributed by atoms with Gasteiger partial charge in [0.25, 0.3) is 0 Å². The lowest BCUT2D eigenvalue weighted by atomic mass is 10.0. The van der Waals surface area contributed by atoms with Crippen molar-refractivity contribution in [2.75, 3.05) is 5.73 Å². The van der Waals surface area contributed by atoms with Crippen LogP contribution in [-0.4, -0.2) is 25.4 Å². The highest BCUT2D eigenvalue weighted by atomic mass is 35.5. The summed E-state index contributed by atoms with van der Waals surface area (Å²) < 4.78 is 15.6. The summed E-state index contributed by atoms with van der Waals surface area (Å²) in [5.41, 5.74) is 16.1. The van der Waals surface area contributed by atoms with Gasteiger partial charge in [0.05, 0.1) is 16.8 Å². The Morgan fingerprint density at radius 3 is 2.50 bits per heavy atom. The summed E-state index contributed by atoms with van der Waals surface area (Å²) in [5, 5.41) is 0. The van der Waals surface area contributed by atoms with E-state index in [4.69, 9.17) is 33.0 Å². The van der Waals surface area contributed by atoms with Crippen LogP contribution in [0.1, 0.15) is 15.9 Å². The number of halogens is 2. The Labute approximate surface area is 198 Å². The van der Waals surface area contributed by atoms with Crippen molar-refractivity contribution in [1.29, 1.82) is 0 Å². The Hall–Kier alpha value is -4.30. The minimum atomic E-state index is -0.745. The van der Waals surface area contributed by atoms with E-state index in [1.807, 2.05) is 34.9 Å². The molecule has 0 spiro atoms. The Balaban J connectivity index is 1.80. The zero-order valence-corrected chi connectivity index (χ0v) is 18.5. The highest BCUT2D eigenvalue weighted by molar-refractivity contribution is 6.17. The Morgan fingerprint density at radius 1 is 1.00 bits per heavy atom. The number of benzene rings is 2. The second kappa shape index (κ2) is 8.57. The number of carbonyl (C=O) groups excluding carboxylic acids is 1. The molecular weight excluding hydrogens is 455 g/mol. The predicted molar refractivity (Wildman–Crippen MR) is 130 cm³/mol. The number of aromatic nitrogens is 4. The Kier molecular flexibility index (Phi) is 5.43. The number of pyridine rings is 2. The summed E-state index contributed by atoms with van der Waals surface area (Å²) >= 11 is 5.97. The fraction of sp³-hybridized carbons (Fsp3) is 0.0400. The van der Waals surface area contributed by atoms with Crippen LogP contribution in [0.15, 0.2) is 72.9 Å². The fourth-order valence-corrected chi connectivity index (χ4v) is 4.00. The number of nitrogens with two attached hydrogens (primary N) is 2. The molecule has 0 saturated carbocycles. The largest absolute Gasteiger partial charge is 0.383 e. The molecule has 0 radical (unpaired) electrons. The maximum Gasteiger partial charge on any atom is 0.249 e. The average Bonchev–Trinajstić information content (AvgIpc) is 3.22. The number of primary amides is 1. The second-order valence-electron chi connectivity index (χ2n) is 7.60. The number of carbonyl (C=O) groups is 1. The first-order valence-corrected chi connectivity index (χ1v) is 10.8. The van der Waals surface area contributed by atoms with E-state index in [1.54, 1.807) is 24.4 Å². The number of hydrogen-bond donors (Lipinski definition) is 2. The number of nitrogen functional groups attached to an aromatic ring is 1. The Bertz CT molecular complexity index is 1550. The van der Waals surface area contributed by atoms with Gasteiger partial charge in [-0.1, -0.05) is 12.1 Å². The first kappa shape index (κ1) is 21.5. The third kappa shape index (κ3) is 3.74. The van der Waals surface area contributed by atoms with Gasteiger partial charge in [-0.15, -0.1) is 11.6 Å². The third-order valence-electron chi connectivity index (χ3n) is 5.46. The molecule has 168 valence electrons. The summed E-state index contributed by atoms with van der Waals surface area (Å²) in [7, 11) is 0. The van der Waals surface area contributed by atoms with E-state index < -0.39 is 11.7 Å². The topological polar surface area (TPSA) is 113 Å². The lowest BCUT2D eigenvalue weighted by Crippen LogP contribution is -2.13. The molecule has 3 aromatic heterocycles. The van der Waals surface area contributed by atoms with Crippen LogP contribution in [0, 0.1) is 5.82 Å². The molecule has 7 nitrogen and oxygen atoms in total. The molecule has 0 aliphatic heterocycles. The van der Waals surface area contributed by atoms with Gasteiger partial charge in [0.2, 0.25) is 5.91 Å². The van der Waals surface area contributed by atoms with Crippen molar-refractivity contribution in [2.45, 2.75) is 5.88 Å². The first-order valence-electron chi connectivity index (χ1n) is 10.3. The van der Waals surface area contributed by atoms with Gasteiger partial charge in [-0.2, -0.15) is 0 Å². The van der Waals surface area contributed by atoms with Gasteiger partial charge in [-0.25, -0.2) is 19.3 Å². The van der Waals surface area contributed by atoms with Gasteiger partial charge in [-0.05, 0) is 60.2 Å². The molecule has 0 saturated heterocycles. The summed E-state index contributed by atoms with van der Waals surface area (Å²) in [6, 6.07) is 18.6. The molecule has 0 unspecified atom stereocenters. The zero-order chi connectivity index (χ0) is 23.8. The number of hydrogen-bond acceptors (Lipinski definition) is 5. The van der Waals surface area contributed by atoms with Crippen molar-refractivity contribution < 1.29 is 9.18 Å². The predicted octanol–water partition coefficient (Wildman–Crippen LogP) is 4.71. The number of amides is 1. The quantitative estimate of drug-likeness (QED) is 0.360. The first-order chi connectivity index (χ1) is 16.5. The molecule has 34 heavy (non-hydrogen) atoms. The average molecular weight is 473 g/mol. The van der Waals surface area contributed by atoms with E-state index in [1.165, 1.54) is 12.1 Å². The van der Waals surface area contributed by atoms with E-state index in [2.05, 4.69) is 4.98 Å². The molecule has 5 aromatic rings. The van der Waals surface area contributed by atoms with Gasteiger partial charge >= 0.3 is 0 Å². The molecule has 3 heterocycles. The van der Waals surface area contributed by atoms with E-state index >= 15 is 0 Å². The highest BCUT2D eigenvalue weighted by Crippen LogP contribution is 2.32. The summed E-state index contributed by atoms with van der Waals surface area (Å²) in [6.07, 6.45) is 1.61. The number of nitrogens with zero attached hydrogens (tertiary/aromatic N) is 4. The summed E-state index contributed by atoms with van der Waals surface area (Å²) in [5.74, 6) is -0.0388. The molecular formula is C25H18ClFN6O. The number of anilines is 1. The third-order valence-corrected chi connectivity index (χ3v) is 5.76. The summed E-state index contributed by atoms with van der Waals surface area (Å²) in [4.78, 5) is 25.7. The van der Waals surface area contributed by atoms with E-state index in [0.717, 1.165) is 17.3 Å². The minimum absolute atomic E-state index is 0.0427. The lowest BCUT2D eigenvalue weighted by molar-refractivity contribution is 0.100. The monoisotopic (exact) mass is 472 g/mol. The van der Waals surface area contributed by atoms with Gasteiger partial charge in [0, 0.05) is 23.3 Å².